The fraction of sp³-hybridized carbons (Fsp3) is 0.325. The highest BCUT2D eigenvalue weighted by molar-refractivity contribution is 7.22. The number of nitrogens with zero attached hydrogens (tertiary/aromatic N) is 6. The summed E-state index contributed by atoms with van der Waals surface area (Å²) in [6, 6.07) is 18.3. The lowest BCUT2D eigenvalue weighted by Gasteiger charge is -2.56. The van der Waals surface area contributed by atoms with Gasteiger partial charge >= 0.3 is 5.97 Å². The Labute approximate surface area is 293 Å². The Morgan fingerprint density at radius 2 is 1.64 bits per heavy atom. The van der Waals surface area contributed by atoms with E-state index in [0.29, 0.717) is 16.6 Å². The van der Waals surface area contributed by atoms with E-state index in [9.17, 15) is 4.79 Å². The summed E-state index contributed by atoms with van der Waals surface area (Å²) >= 11 is 1.60. The van der Waals surface area contributed by atoms with Crippen molar-refractivity contribution in [2.45, 2.75) is 52.0 Å². The molecule has 1 N–H and O–H groups in total. The third-order valence-corrected chi connectivity index (χ3v) is 12.7. The molecule has 0 atom stereocenters. The van der Waals surface area contributed by atoms with Gasteiger partial charge in [0, 0.05) is 46.7 Å². The molecule has 5 heterocycles. The summed E-state index contributed by atoms with van der Waals surface area (Å²) in [6.07, 6.45) is 15.9. The van der Waals surface area contributed by atoms with E-state index in [0.717, 1.165) is 84.3 Å². The Kier molecular flexibility index (Phi) is 6.68. The minimum absolute atomic E-state index is 0.353. The number of imidazole rings is 1. The molecule has 4 bridgehead atoms. The lowest BCUT2D eigenvalue weighted by molar-refractivity contribution is -0.0638. The maximum Gasteiger partial charge on any atom is 0.342 e. The van der Waals surface area contributed by atoms with E-state index < -0.39 is 5.97 Å². The molecule has 0 saturated heterocycles. The molecule has 10 heteroatoms. The number of carbonyl (C=O) groups is 1. The predicted octanol–water partition coefficient (Wildman–Crippen LogP) is 9.08. The van der Waals surface area contributed by atoms with Gasteiger partial charge in [0.1, 0.15) is 11.4 Å². The van der Waals surface area contributed by atoms with Crippen LogP contribution in [-0.4, -0.2) is 42.2 Å². The summed E-state index contributed by atoms with van der Waals surface area (Å²) in [7, 11) is 1.43. The van der Waals surface area contributed by atoms with Crippen LogP contribution >= 0.6 is 11.3 Å². The summed E-state index contributed by atoms with van der Waals surface area (Å²) in [5.41, 5.74) is 6.84. The van der Waals surface area contributed by atoms with Gasteiger partial charge in [0.2, 0.25) is 0 Å². The first-order chi connectivity index (χ1) is 24.4. The molecule has 250 valence electrons. The number of benzene rings is 2. The Hall–Kier alpha value is -5.09. The van der Waals surface area contributed by atoms with Gasteiger partial charge in [-0.25, -0.2) is 19.7 Å². The molecule has 4 saturated carbocycles. The zero-order valence-electron chi connectivity index (χ0n) is 28.1. The minimum atomic E-state index is -0.422. The third kappa shape index (κ3) is 4.68. The van der Waals surface area contributed by atoms with Crippen molar-refractivity contribution in [3.63, 3.8) is 0 Å². The highest BCUT2D eigenvalue weighted by Gasteiger charge is 2.51. The predicted molar refractivity (Wildman–Crippen MR) is 197 cm³/mol. The third-order valence-electron chi connectivity index (χ3n) is 11.7. The number of carbonyl (C=O) groups excluding carboxylic acids is 1. The van der Waals surface area contributed by atoms with Crippen molar-refractivity contribution in [2.75, 3.05) is 12.4 Å². The monoisotopic (exact) mass is 679 g/mol. The molecule has 0 unspecified atom stereocenters. The second-order valence-corrected chi connectivity index (χ2v) is 15.9. The van der Waals surface area contributed by atoms with Gasteiger partial charge in [-0.05, 0) is 92.2 Å². The van der Waals surface area contributed by atoms with Crippen LogP contribution in [0.3, 0.4) is 0 Å². The second-order valence-electron chi connectivity index (χ2n) is 14.8. The summed E-state index contributed by atoms with van der Waals surface area (Å²) in [4.78, 5) is 28.0. The topological polar surface area (TPSA) is 99.2 Å². The van der Waals surface area contributed by atoms with E-state index in [-0.39, 0.29) is 0 Å². The van der Waals surface area contributed by atoms with Crippen LogP contribution in [0.4, 0.5) is 10.9 Å². The average molecular weight is 680 g/mol. The SMILES string of the molecule is COC(=O)c1c(-c2cnn(CC34CC5CC(CC(C5)C3)C4)c2C)ccn2c(-c3cnc(Nc4nc5ccccc5s4)c4ccccc34)cnc12. The number of fused-ring (bicyclic) bond motifs is 3. The number of thiazole rings is 1. The number of esters is 1. The molecular formula is C40H37N7O2S. The van der Waals surface area contributed by atoms with Crippen LogP contribution in [0.25, 0.3) is 49.0 Å². The Morgan fingerprint density at radius 1 is 0.900 bits per heavy atom. The van der Waals surface area contributed by atoms with Crippen LogP contribution in [0, 0.1) is 30.1 Å². The zero-order valence-corrected chi connectivity index (χ0v) is 28.9. The molecule has 9 nitrogen and oxygen atoms in total. The van der Waals surface area contributed by atoms with E-state index in [2.05, 4.69) is 35.1 Å². The molecule has 0 aliphatic heterocycles. The number of anilines is 2. The zero-order chi connectivity index (χ0) is 33.6. The lowest BCUT2D eigenvalue weighted by Crippen LogP contribution is -2.48. The van der Waals surface area contributed by atoms with Gasteiger partial charge in [-0.15, -0.1) is 0 Å². The fourth-order valence-corrected chi connectivity index (χ4v) is 10.8. The van der Waals surface area contributed by atoms with Gasteiger partial charge in [-0.3, -0.25) is 9.08 Å². The van der Waals surface area contributed by atoms with Crippen LogP contribution in [0.2, 0.25) is 0 Å². The van der Waals surface area contributed by atoms with Gasteiger partial charge in [-0.1, -0.05) is 47.7 Å². The lowest BCUT2D eigenvalue weighted by atomic mass is 9.49. The quantitative estimate of drug-likeness (QED) is 0.168. The van der Waals surface area contributed by atoms with E-state index >= 15 is 0 Å². The van der Waals surface area contributed by atoms with Crippen molar-refractivity contribution in [2.24, 2.45) is 23.2 Å². The molecule has 0 amide bonds. The largest absolute Gasteiger partial charge is 0.465 e. The molecule has 4 fully saturated rings. The maximum absolute atomic E-state index is 13.6. The molecule has 50 heavy (non-hydrogen) atoms. The Bertz CT molecular complexity index is 2410. The van der Waals surface area contributed by atoms with Gasteiger partial charge in [0.05, 0.1) is 35.4 Å². The number of aromatic nitrogens is 6. The molecule has 5 aromatic heterocycles. The molecule has 4 aliphatic rings. The van der Waals surface area contributed by atoms with Gasteiger partial charge < -0.3 is 10.1 Å². The molecule has 0 spiro atoms. The Balaban J connectivity index is 1.03. The number of hydrogen-bond donors (Lipinski definition) is 1. The molecule has 11 rings (SSSR count). The number of nitrogens with one attached hydrogen (secondary N) is 1. The second kappa shape index (κ2) is 11.2. The van der Waals surface area contributed by atoms with Gasteiger partial charge in [-0.2, -0.15) is 5.10 Å². The summed E-state index contributed by atoms with van der Waals surface area (Å²) < 4.78 is 10.7. The van der Waals surface area contributed by atoms with Crippen LogP contribution in [-0.2, 0) is 11.3 Å². The highest BCUT2D eigenvalue weighted by atomic mass is 32.1. The maximum atomic E-state index is 13.6. The molecule has 2 aromatic carbocycles. The number of pyridine rings is 2. The fourth-order valence-electron chi connectivity index (χ4n) is 9.97. The van der Waals surface area contributed by atoms with E-state index in [4.69, 9.17) is 24.8 Å². The number of rotatable bonds is 7. The van der Waals surface area contributed by atoms with Crippen molar-refractivity contribution < 1.29 is 9.53 Å². The Morgan fingerprint density at radius 3 is 2.40 bits per heavy atom. The first kappa shape index (κ1) is 29.8. The van der Waals surface area contributed by atoms with Gasteiger partial charge in [0.25, 0.3) is 0 Å². The molecule has 4 aliphatic carbocycles. The summed E-state index contributed by atoms with van der Waals surface area (Å²) in [5.74, 6) is 2.97. The molecular weight excluding hydrogens is 643 g/mol. The molecule has 0 radical (unpaired) electrons. The number of ether oxygens (including phenoxy) is 1. The van der Waals surface area contributed by atoms with Crippen molar-refractivity contribution in [1.29, 1.82) is 0 Å². The normalized spacial score (nSPS) is 22.6. The van der Waals surface area contributed by atoms with Crippen LogP contribution < -0.4 is 5.32 Å². The van der Waals surface area contributed by atoms with Crippen LogP contribution in [0.15, 0.2) is 79.4 Å². The first-order valence-electron chi connectivity index (χ1n) is 17.6. The average Bonchev–Trinajstić information content (AvgIpc) is 3.83. The minimum Gasteiger partial charge on any atom is -0.465 e. The number of para-hydroxylation sites is 1. The van der Waals surface area contributed by atoms with E-state index in [1.54, 1.807) is 11.3 Å². The van der Waals surface area contributed by atoms with E-state index in [1.165, 1.54) is 45.6 Å². The summed E-state index contributed by atoms with van der Waals surface area (Å²) in [6.45, 7) is 3.09. The standard InChI is InChI=1S/C40H37N7O2S/c1-23-30(20-43-47(23)22-40-16-24-13-25(17-40)15-26(14-24)18-40)28-11-12-46-33(21-42-37(46)35(28)38(48)49-2)31-19-41-36(29-8-4-3-7-27(29)31)45-39-44-32-9-5-6-10-34(32)50-39/h3-12,19-21,24-26H,13-18,22H2,1-2H3,(H,41,44,45). The van der Waals surface area contributed by atoms with E-state index in [1.807, 2.05) is 65.6 Å². The smallest absolute Gasteiger partial charge is 0.342 e. The van der Waals surface area contributed by atoms with Crippen molar-refractivity contribution >= 4 is 54.9 Å². The number of hydrogen-bond acceptors (Lipinski definition) is 8. The van der Waals surface area contributed by atoms with Crippen molar-refractivity contribution in [3.8, 4) is 22.4 Å². The van der Waals surface area contributed by atoms with Crippen LogP contribution in [0.1, 0.15) is 54.6 Å². The van der Waals surface area contributed by atoms with Gasteiger partial charge in [0.15, 0.2) is 10.8 Å². The number of methoxy groups -OCH3 is 1. The molecule has 7 aromatic rings. The summed E-state index contributed by atoms with van der Waals surface area (Å²) in [5, 5.41) is 11.2. The van der Waals surface area contributed by atoms with Crippen molar-refractivity contribution in [1.82, 2.24) is 29.1 Å². The first-order valence-corrected chi connectivity index (χ1v) is 18.4. The highest BCUT2D eigenvalue weighted by Crippen LogP contribution is 2.60. The van der Waals surface area contributed by atoms with Crippen molar-refractivity contribution in [3.05, 3.63) is 90.6 Å². The van der Waals surface area contributed by atoms with Crippen LogP contribution in [0.5, 0.6) is 0 Å².